The number of methoxy groups -OCH3 is 1. The molecule has 2 aliphatic heterocycles. The van der Waals surface area contributed by atoms with E-state index in [9.17, 15) is 14.7 Å². The molecule has 0 saturated carbocycles. The number of nitrogens with zero attached hydrogens (tertiary/aromatic N) is 1. The van der Waals surface area contributed by atoms with Gasteiger partial charge in [-0.05, 0) is 68.1 Å². The molecule has 2 aromatic carbocycles. The third-order valence-electron chi connectivity index (χ3n) is 6.50. The van der Waals surface area contributed by atoms with Gasteiger partial charge in [0.05, 0.1) is 24.8 Å². The van der Waals surface area contributed by atoms with Gasteiger partial charge in [0.25, 0.3) is 11.7 Å². The van der Waals surface area contributed by atoms with Crippen molar-refractivity contribution in [3.8, 4) is 17.2 Å². The third kappa shape index (κ3) is 5.44. The highest BCUT2D eigenvalue weighted by atomic mass is 16.5. The van der Waals surface area contributed by atoms with Crippen LogP contribution in [0.15, 0.2) is 42.0 Å². The molecule has 198 valence electrons. The van der Waals surface area contributed by atoms with Gasteiger partial charge in [-0.3, -0.25) is 9.59 Å². The van der Waals surface area contributed by atoms with Crippen molar-refractivity contribution in [3.05, 3.63) is 58.7 Å². The number of aliphatic hydroxyl groups excluding tert-OH is 1. The summed E-state index contributed by atoms with van der Waals surface area (Å²) in [5, 5.41) is 11.4. The van der Waals surface area contributed by atoms with E-state index in [1.54, 1.807) is 31.4 Å². The SMILES string of the molecule is CCCOc1ccc([C@H]2/C(=C(\O)c3ccc4c(c3)C[C@H](C)O4)C(=O)C(=O)N2CCCOC)cc1OCC. The number of amides is 1. The molecule has 2 atom stereocenters. The molecule has 8 nitrogen and oxygen atoms in total. The highest BCUT2D eigenvalue weighted by Gasteiger charge is 2.46. The second-order valence-corrected chi connectivity index (χ2v) is 9.28. The van der Waals surface area contributed by atoms with Gasteiger partial charge in [0.2, 0.25) is 0 Å². The Morgan fingerprint density at radius 3 is 2.62 bits per heavy atom. The molecule has 1 N–H and O–H groups in total. The Hall–Kier alpha value is -3.52. The molecule has 1 amide bonds. The fourth-order valence-electron chi connectivity index (χ4n) is 4.86. The van der Waals surface area contributed by atoms with E-state index in [0.717, 1.165) is 17.7 Å². The van der Waals surface area contributed by atoms with E-state index in [-0.39, 0.29) is 17.4 Å². The Balaban J connectivity index is 1.81. The minimum Gasteiger partial charge on any atom is -0.507 e. The van der Waals surface area contributed by atoms with Crippen molar-refractivity contribution in [1.29, 1.82) is 0 Å². The fourth-order valence-corrected chi connectivity index (χ4v) is 4.86. The molecule has 0 unspecified atom stereocenters. The summed E-state index contributed by atoms with van der Waals surface area (Å²) in [6.07, 6.45) is 2.15. The maximum absolute atomic E-state index is 13.3. The third-order valence-corrected chi connectivity index (χ3v) is 6.50. The van der Waals surface area contributed by atoms with E-state index in [1.807, 2.05) is 32.9 Å². The molecule has 1 saturated heterocycles. The van der Waals surface area contributed by atoms with Crippen molar-refractivity contribution >= 4 is 17.4 Å². The van der Waals surface area contributed by atoms with Crippen molar-refractivity contribution < 1.29 is 33.6 Å². The van der Waals surface area contributed by atoms with Crippen LogP contribution in [0.25, 0.3) is 5.76 Å². The molecule has 0 bridgehead atoms. The van der Waals surface area contributed by atoms with Crippen LogP contribution in [0.1, 0.15) is 56.3 Å². The van der Waals surface area contributed by atoms with Gasteiger partial charge in [-0.1, -0.05) is 13.0 Å². The monoisotopic (exact) mass is 509 g/mol. The number of rotatable bonds is 11. The number of carbonyl (C=O) groups excluding carboxylic acids is 2. The van der Waals surface area contributed by atoms with Crippen LogP contribution in [0, 0.1) is 0 Å². The first-order chi connectivity index (χ1) is 17.9. The minimum absolute atomic E-state index is 0.0455. The first-order valence-corrected chi connectivity index (χ1v) is 12.9. The van der Waals surface area contributed by atoms with Crippen LogP contribution >= 0.6 is 0 Å². The maximum atomic E-state index is 13.3. The lowest BCUT2D eigenvalue weighted by atomic mass is 9.94. The van der Waals surface area contributed by atoms with Gasteiger partial charge >= 0.3 is 0 Å². The van der Waals surface area contributed by atoms with E-state index >= 15 is 0 Å². The number of carbonyl (C=O) groups is 2. The fraction of sp³-hybridized carbons (Fsp3) is 0.448. The summed E-state index contributed by atoms with van der Waals surface area (Å²) < 4.78 is 22.6. The quantitative estimate of drug-likeness (QED) is 0.204. The zero-order valence-electron chi connectivity index (χ0n) is 21.9. The molecule has 37 heavy (non-hydrogen) atoms. The average molecular weight is 510 g/mol. The van der Waals surface area contributed by atoms with Gasteiger partial charge in [0, 0.05) is 32.2 Å². The van der Waals surface area contributed by atoms with E-state index in [4.69, 9.17) is 18.9 Å². The van der Waals surface area contributed by atoms with Crippen LogP contribution in [-0.4, -0.2) is 61.3 Å². The smallest absolute Gasteiger partial charge is 0.295 e. The van der Waals surface area contributed by atoms with Gasteiger partial charge in [-0.15, -0.1) is 0 Å². The maximum Gasteiger partial charge on any atom is 0.295 e. The first-order valence-electron chi connectivity index (χ1n) is 12.9. The number of hydrogen-bond acceptors (Lipinski definition) is 7. The summed E-state index contributed by atoms with van der Waals surface area (Å²) in [5.74, 6) is 0.323. The number of Topliss-reactive ketones (excluding diaryl/α,β-unsaturated/α-hetero) is 1. The predicted molar refractivity (Wildman–Crippen MR) is 139 cm³/mol. The van der Waals surface area contributed by atoms with Gasteiger partial charge in [-0.2, -0.15) is 0 Å². The largest absolute Gasteiger partial charge is 0.507 e. The number of fused-ring (bicyclic) bond motifs is 1. The lowest BCUT2D eigenvalue weighted by Crippen LogP contribution is -2.31. The van der Waals surface area contributed by atoms with Crippen molar-refractivity contribution in [2.45, 2.75) is 52.2 Å². The predicted octanol–water partition coefficient (Wildman–Crippen LogP) is 4.66. The zero-order valence-corrected chi connectivity index (χ0v) is 21.9. The standard InChI is InChI=1S/C29H35NO7/c1-5-13-36-23-11-8-19(17-24(23)35-6-2)26-25(28(32)29(33)30(26)12-7-14-34-4)27(31)20-9-10-22-21(16-20)15-18(3)37-22/h8-11,16-18,26,31H,5-7,12-15H2,1-4H3/b27-25+/t18-,26-/m0/s1. The molecular weight excluding hydrogens is 474 g/mol. The van der Waals surface area contributed by atoms with Crippen LogP contribution in [-0.2, 0) is 20.7 Å². The molecular formula is C29H35NO7. The summed E-state index contributed by atoms with van der Waals surface area (Å²) in [6, 6.07) is 9.97. The number of hydrogen-bond donors (Lipinski definition) is 1. The summed E-state index contributed by atoms with van der Waals surface area (Å²) >= 11 is 0. The number of likely N-dealkylation sites (tertiary alicyclic amines) is 1. The van der Waals surface area contributed by atoms with E-state index in [0.29, 0.717) is 61.8 Å². The number of ketones is 1. The van der Waals surface area contributed by atoms with Crippen molar-refractivity contribution in [3.63, 3.8) is 0 Å². The molecule has 1 fully saturated rings. The van der Waals surface area contributed by atoms with Gasteiger partial charge in [0.15, 0.2) is 11.5 Å². The number of ether oxygens (including phenoxy) is 4. The summed E-state index contributed by atoms with van der Waals surface area (Å²) in [7, 11) is 1.59. The van der Waals surface area contributed by atoms with Crippen molar-refractivity contribution in [1.82, 2.24) is 4.90 Å². The molecule has 0 aromatic heterocycles. The summed E-state index contributed by atoms with van der Waals surface area (Å²) in [4.78, 5) is 28.0. The van der Waals surface area contributed by atoms with Crippen molar-refractivity contribution in [2.75, 3.05) is 33.5 Å². The van der Waals surface area contributed by atoms with Crippen LogP contribution < -0.4 is 14.2 Å². The Morgan fingerprint density at radius 2 is 1.89 bits per heavy atom. The lowest BCUT2D eigenvalue weighted by Gasteiger charge is -2.26. The molecule has 4 rings (SSSR count). The topological polar surface area (TPSA) is 94.5 Å². The van der Waals surface area contributed by atoms with Gasteiger partial charge in [0.1, 0.15) is 17.6 Å². The van der Waals surface area contributed by atoms with Crippen LogP contribution in [0.5, 0.6) is 17.2 Å². The second-order valence-electron chi connectivity index (χ2n) is 9.28. The van der Waals surface area contributed by atoms with E-state index in [1.165, 1.54) is 4.90 Å². The summed E-state index contributed by atoms with van der Waals surface area (Å²) in [6.45, 7) is 7.58. The number of benzene rings is 2. The molecule has 0 aliphatic carbocycles. The van der Waals surface area contributed by atoms with Crippen LogP contribution in [0.3, 0.4) is 0 Å². The highest BCUT2D eigenvalue weighted by Crippen LogP contribution is 2.43. The number of aliphatic hydroxyl groups is 1. The molecule has 2 aromatic rings. The Kier molecular flexibility index (Phi) is 8.38. The lowest BCUT2D eigenvalue weighted by molar-refractivity contribution is -0.140. The summed E-state index contributed by atoms with van der Waals surface area (Å²) in [5.41, 5.74) is 2.14. The van der Waals surface area contributed by atoms with Crippen LogP contribution in [0.2, 0.25) is 0 Å². The van der Waals surface area contributed by atoms with E-state index in [2.05, 4.69) is 0 Å². The van der Waals surface area contributed by atoms with Gasteiger partial charge < -0.3 is 29.0 Å². The Labute approximate surface area is 217 Å². The second kappa shape index (κ2) is 11.7. The highest BCUT2D eigenvalue weighted by molar-refractivity contribution is 6.46. The molecule has 0 spiro atoms. The normalized spacial score (nSPS) is 20.2. The van der Waals surface area contributed by atoms with Crippen molar-refractivity contribution in [2.24, 2.45) is 0 Å². The average Bonchev–Trinajstić information content (AvgIpc) is 3.38. The minimum atomic E-state index is -0.778. The van der Waals surface area contributed by atoms with Crippen LogP contribution in [0.4, 0.5) is 0 Å². The molecule has 2 heterocycles. The molecule has 8 heteroatoms. The Morgan fingerprint density at radius 1 is 1.08 bits per heavy atom. The molecule has 2 aliphatic rings. The Bertz CT molecular complexity index is 1190. The first kappa shape index (κ1) is 26.5. The molecule has 0 radical (unpaired) electrons. The van der Waals surface area contributed by atoms with E-state index < -0.39 is 17.7 Å². The van der Waals surface area contributed by atoms with Gasteiger partial charge in [-0.25, -0.2) is 0 Å². The zero-order chi connectivity index (χ0) is 26.5.